The second-order valence-corrected chi connectivity index (χ2v) is 6.38. The molecule has 1 radical (unpaired) electrons. The minimum Gasteiger partial charge on any atom is -1.00 e. The molecule has 0 nitrogen and oxygen atoms in total. The van der Waals surface area contributed by atoms with Crippen molar-refractivity contribution in [3.05, 3.63) is 57.6 Å². The maximum atomic E-state index is 2.21. The van der Waals surface area contributed by atoms with E-state index in [1.165, 1.54) is 33.4 Å². The smallest absolute Gasteiger partial charge is 1.00 e. The van der Waals surface area contributed by atoms with Crippen LogP contribution in [0.2, 0.25) is 13.1 Å². The second-order valence-electron chi connectivity index (χ2n) is 5.23. The Labute approximate surface area is 171 Å². The SMILES string of the molecule is C[SiH]C.Cc1cc[c-](C)c1C.Cc1cc[c-](C)c1C.[Cl-].[Cl-].[Hf+4]. The number of halogens is 2. The molecule has 2 rings (SSSR count). The zero-order chi connectivity index (χ0) is 15.0. The standard InChI is InChI=1S/2C8H11.C2H7Si.2ClH.Hf/c2*1-6-4-5-7(2)8(6)3;1-3-2;;;/h2*4-5H,1-3H3;3H,1-2H3;2*1H;/q2*-1;;;;+4/p-2. The van der Waals surface area contributed by atoms with Crippen LogP contribution in [0.4, 0.5) is 0 Å². The Morgan fingerprint density at radius 2 is 0.955 bits per heavy atom. The molecule has 4 heteroatoms. The number of aryl methyl sites for hydroxylation is 4. The van der Waals surface area contributed by atoms with E-state index in [0.717, 1.165) is 9.52 Å². The minimum atomic E-state index is 0. The Balaban J connectivity index is -0.000000112. The minimum absolute atomic E-state index is 0. The largest absolute Gasteiger partial charge is 4.00 e. The summed E-state index contributed by atoms with van der Waals surface area (Å²) in [6, 6.07) is 8.63. The van der Waals surface area contributed by atoms with Gasteiger partial charge in [0.25, 0.3) is 0 Å². The van der Waals surface area contributed by atoms with Crippen LogP contribution in [0.25, 0.3) is 0 Å². The molecule has 123 valence electrons. The van der Waals surface area contributed by atoms with E-state index >= 15 is 0 Å². The van der Waals surface area contributed by atoms with Crippen LogP contribution in [0, 0.1) is 41.5 Å². The second kappa shape index (κ2) is 16.2. The van der Waals surface area contributed by atoms with Crippen LogP contribution in [0.3, 0.4) is 0 Å². The van der Waals surface area contributed by atoms with E-state index in [-0.39, 0.29) is 50.7 Å². The zero-order valence-corrected chi connectivity index (χ0v) is 21.4. The van der Waals surface area contributed by atoms with Gasteiger partial charge in [0.15, 0.2) is 0 Å². The normalized spacial score (nSPS) is 8.00. The molecule has 0 saturated carbocycles. The van der Waals surface area contributed by atoms with Gasteiger partial charge >= 0.3 is 25.8 Å². The monoisotopic (exact) mass is 523 g/mol. The Morgan fingerprint density at radius 3 is 1.00 bits per heavy atom. The van der Waals surface area contributed by atoms with Gasteiger partial charge < -0.3 is 24.8 Å². The van der Waals surface area contributed by atoms with Crippen molar-refractivity contribution in [3.8, 4) is 0 Å². The molecule has 0 saturated heterocycles. The molecule has 2 aromatic rings. The predicted molar refractivity (Wildman–Crippen MR) is 91.4 cm³/mol. The molecule has 0 amide bonds. The Bertz CT molecular complexity index is 404. The summed E-state index contributed by atoms with van der Waals surface area (Å²) >= 11 is 0. The number of hydrogen-bond donors (Lipinski definition) is 0. The van der Waals surface area contributed by atoms with Crippen LogP contribution in [-0.2, 0) is 25.8 Å². The van der Waals surface area contributed by atoms with Crippen LogP contribution in [0.1, 0.15) is 33.4 Å². The van der Waals surface area contributed by atoms with Crippen molar-refractivity contribution in [1.82, 2.24) is 0 Å². The summed E-state index contributed by atoms with van der Waals surface area (Å²) in [6.07, 6.45) is 0. The molecule has 0 fully saturated rings. The van der Waals surface area contributed by atoms with Crippen molar-refractivity contribution in [2.24, 2.45) is 0 Å². The van der Waals surface area contributed by atoms with Gasteiger partial charge in [-0.25, -0.2) is 12.1 Å². The quantitative estimate of drug-likeness (QED) is 0.314. The molecule has 0 aliphatic rings. The maximum Gasteiger partial charge on any atom is 4.00 e. The Hall–Kier alpha value is 0.367. The maximum absolute atomic E-state index is 2.21. The number of rotatable bonds is 0. The van der Waals surface area contributed by atoms with Crippen LogP contribution in [-0.4, -0.2) is 9.52 Å². The van der Waals surface area contributed by atoms with Gasteiger partial charge in [-0.3, -0.25) is 0 Å². The average molecular weight is 523 g/mol. The van der Waals surface area contributed by atoms with Gasteiger partial charge in [-0.15, -0.1) is 0 Å². The van der Waals surface area contributed by atoms with Gasteiger partial charge in [-0.2, -0.15) is 45.5 Å². The summed E-state index contributed by atoms with van der Waals surface area (Å²) in [6.45, 7) is 17.3. The van der Waals surface area contributed by atoms with E-state index in [0.29, 0.717) is 0 Å². The van der Waals surface area contributed by atoms with Crippen LogP contribution < -0.4 is 24.8 Å². The molecule has 2 aromatic carbocycles. The van der Waals surface area contributed by atoms with E-state index < -0.39 is 0 Å². The van der Waals surface area contributed by atoms with Gasteiger partial charge in [0.1, 0.15) is 0 Å². The van der Waals surface area contributed by atoms with Crippen LogP contribution in [0.5, 0.6) is 0 Å². The van der Waals surface area contributed by atoms with E-state index in [1.54, 1.807) is 0 Å². The third-order valence-electron chi connectivity index (χ3n) is 3.53. The van der Waals surface area contributed by atoms with Crippen molar-refractivity contribution in [2.45, 2.75) is 54.6 Å². The first kappa shape index (κ1) is 30.3. The van der Waals surface area contributed by atoms with Gasteiger partial charge in [0, 0.05) is 9.52 Å². The van der Waals surface area contributed by atoms with E-state index in [1.807, 2.05) is 0 Å². The van der Waals surface area contributed by atoms with E-state index in [4.69, 9.17) is 0 Å². The summed E-state index contributed by atoms with van der Waals surface area (Å²) in [7, 11) is 0.750. The summed E-state index contributed by atoms with van der Waals surface area (Å²) in [5, 5.41) is 0. The summed E-state index contributed by atoms with van der Waals surface area (Å²) in [5.41, 5.74) is 8.49. The van der Waals surface area contributed by atoms with Gasteiger partial charge in [-0.05, 0) is 0 Å². The van der Waals surface area contributed by atoms with Gasteiger partial charge in [-0.1, -0.05) is 54.6 Å². The predicted octanol–water partition coefficient (Wildman–Crippen LogP) is -0.814. The topological polar surface area (TPSA) is 0 Å². The summed E-state index contributed by atoms with van der Waals surface area (Å²) in [4.78, 5) is 0. The van der Waals surface area contributed by atoms with Crippen molar-refractivity contribution in [3.63, 3.8) is 0 Å². The van der Waals surface area contributed by atoms with E-state index in [2.05, 4.69) is 78.9 Å². The fourth-order valence-electron chi connectivity index (χ4n) is 1.62. The van der Waals surface area contributed by atoms with Crippen molar-refractivity contribution in [2.75, 3.05) is 0 Å². The van der Waals surface area contributed by atoms with Crippen LogP contribution >= 0.6 is 0 Å². The molecule has 0 aliphatic heterocycles. The molecule has 0 heterocycles. The molecule has 0 unspecified atom stereocenters. The van der Waals surface area contributed by atoms with Crippen LogP contribution in [0.15, 0.2) is 24.3 Å². The zero-order valence-electron chi connectivity index (χ0n) is 15.1. The molecule has 0 aromatic heterocycles. The third kappa shape index (κ3) is 11.0. The van der Waals surface area contributed by atoms with Crippen molar-refractivity contribution >= 4 is 9.52 Å². The Kier molecular flexibility index (Phi) is 22.3. The molecule has 0 bridgehead atoms. The molecule has 0 aliphatic carbocycles. The average Bonchev–Trinajstić information content (AvgIpc) is 2.82. The molecule has 22 heavy (non-hydrogen) atoms. The molecule has 0 spiro atoms. The molecule has 0 N–H and O–H groups in total. The fourth-order valence-corrected chi connectivity index (χ4v) is 1.62. The third-order valence-corrected chi connectivity index (χ3v) is 3.53. The first-order chi connectivity index (χ1) is 8.84. The van der Waals surface area contributed by atoms with Gasteiger partial charge in [0.05, 0.1) is 0 Å². The summed E-state index contributed by atoms with van der Waals surface area (Å²) < 4.78 is 0. The van der Waals surface area contributed by atoms with E-state index in [9.17, 15) is 0 Å². The summed E-state index contributed by atoms with van der Waals surface area (Å²) in [5.74, 6) is 0. The molecule has 0 atom stereocenters. The first-order valence-corrected chi connectivity index (χ1v) is 9.29. The Morgan fingerprint density at radius 1 is 0.727 bits per heavy atom. The molecular formula is C18H29Cl2HfSi. The number of hydrogen-bond acceptors (Lipinski definition) is 0. The fraction of sp³-hybridized carbons (Fsp3) is 0.444. The van der Waals surface area contributed by atoms with Crippen molar-refractivity contribution < 1.29 is 50.7 Å². The first-order valence-electron chi connectivity index (χ1n) is 6.98. The molecular weight excluding hydrogens is 494 g/mol. The van der Waals surface area contributed by atoms with Crippen molar-refractivity contribution in [1.29, 1.82) is 0 Å². The van der Waals surface area contributed by atoms with Gasteiger partial charge in [0.2, 0.25) is 0 Å².